The van der Waals surface area contributed by atoms with E-state index in [1.54, 1.807) is 18.5 Å². The number of benzene rings is 2. The molecule has 5 aliphatic rings. The molecule has 1 spiro atoms. The Kier molecular flexibility index (Phi) is 5.50. The fourth-order valence-corrected chi connectivity index (χ4v) is 7.75. The quantitative estimate of drug-likeness (QED) is 0.341. The summed E-state index contributed by atoms with van der Waals surface area (Å²) in [5.74, 6) is 0.439. The molecule has 0 bridgehead atoms. The summed E-state index contributed by atoms with van der Waals surface area (Å²) in [6.07, 6.45) is 7.66. The summed E-state index contributed by atoms with van der Waals surface area (Å²) >= 11 is 6.96. The number of nitrogens with zero attached hydrogens (tertiary/aromatic N) is 5. The van der Waals surface area contributed by atoms with Crippen molar-refractivity contribution in [1.82, 2.24) is 24.8 Å². The molecule has 4 fully saturated rings. The maximum Gasteiger partial charge on any atom is 0.346 e. The van der Waals surface area contributed by atoms with Gasteiger partial charge in [0.1, 0.15) is 35.1 Å². The van der Waals surface area contributed by atoms with Crippen LogP contribution in [0.1, 0.15) is 42.9 Å². The molecule has 2 aromatic heterocycles. The fourth-order valence-electron chi connectivity index (χ4n) is 7.39. The van der Waals surface area contributed by atoms with Gasteiger partial charge in [-0.3, -0.25) is 4.90 Å². The van der Waals surface area contributed by atoms with E-state index < -0.39 is 11.4 Å². The predicted molar refractivity (Wildman–Crippen MR) is 153 cm³/mol. The van der Waals surface area contributed by atoms with Gasteiger partial charge in [-0.15, -0.1) is 5.10 Å². The number of morpholine rings is 1. The fraction of sp³-hybridized carbons (Fsp3) is 0.452. The summed E-state index contributed by atoms with van der Waals surface area (Å²) in [5, 5.41) is 19.8. The van der Waals surface area contributed by atoms with Gasteiger partial charge < -0.3 is 23.9 Å². The number of carbonyl (C=O) groups excluding carboxylic acids is 1. The Labute approximate surface area is 250 Å². The lowest BCUT2D eigenvalue weighted by Gasteiger charge is -2.60. The molecule has 3 unspecified atom stereocenters. The van der Waals surface area contributed by atoms with Crippen molar-refractivity contribution in [3.05, 3.63) is 58.8 Å². The van der Waals surface area contributed by atoms with Crippen LogP contribution in [0.25, 0.3) is 22.1 Å². The molecule has 2 saturated carbocycles. The van der Waals surface area contributed by atoms with Crippen molar-refractivity contribution >= 4 is 28.6 Å². The van der Waals surface area contributed by atoms with Crippen LogP contribution in [-0.4, -0.2) is 79.9 Å². The van der Waals surface area contributed by atoms with Crippen molar-refractivity contribution in [1.29, 1.82) is 0 Å². The zero-order valence-electron chi connectivity index (χ0n) is 23.2. The molecular formula is C31H29ClFN5O5. The third-order valence-electron chi connectivity index (χ3n) is 9.80. The van der Waals surface area contributed by atoms with Crippen LogP contribution in [0.15, 0.2) is 41.1 Å². The molecule has 4 aromatic rings. The van der Waals surface area contributed by atoms with E-state index >= 15 is 4.39 Å². The minimum atomic E-state index is -0.587. The summed E-state index contributed by atoms with van der Waals surface area (Å²) < 4.78 is 35.3. The standard InChI is InChI=1S/C31H29ClFN5O5/c32-26-24(25-21(33)2-1-3-23(25)39)19-8-9-41-27(19)20-10-36-14-31(43-13-18(36)12-42-28(20)26)15-37(29(31)17-6-7-17)30(40)38-11-22(34-35-38)16-4-5-16/h1-3,8-9,11,16-18,29,39H,4-7,10,12-15H2. The number of hydrogen-bond acceptors (Lipinski definition) is 8. The highest BCUT2D eigenvalue weighted by Crippen LogP contribution is 2.52. The van der Waals surface area contributed by atoms with Crippen molar-refractivity contribution in [3.8, 4) is 22.6 Å². The number of rotatable bonds is 3. The highest BCUT2D eigenvalue weighted by Gasteiger charge is 2.63. The number of ether oxygens (including phenoxy) is 2. The van der Waals surface area contributed by atoms with E-state index in [0.717, 1.165) is 36.9 Å². The van der Waals surface area contributed by atoms with Crippen LogP contribution < -0.4 is 4.74 Å². The van der Waals surface area contributed by atoms with Gasteiger partial charge in [-0.25, -0.2) is 9.18 Å². The molecule has 10 nitrogen and oxygen atoms in total. The number of aromatic nitrogens is 3. The molecule has 43 heavy (non-hydrogen) atoms. The number of amides is 1. The number of furan rings is 1. The van der Waals surface area contributed by atoms with Gasteiger partial charge in [0.05, 0.1) is 59.5 Å². The molecule has 2 saturated heterocycles. The summed E-state index contributed by atoms with van der Waals surface area (Å²) in [6.45, 7) is 2.33. The van der Waals surface area contributed by atoms with E-state index in [1.165, 1.54) is 22.9 Å². The molecule has 12 heteroatoms. The molecule has 2 aliphatic carbocycles. The summed E-state index contributed by atoms with van der Waals surface area (Å²) in [7, 11) is 0. The molecule has 0 radical (unpaired) electrons. The maximum atomic E-state index is 15.0. The molecular weight excluding hydrogens is 577 g/mol. The Morgan fingerprint density at radius 1 is 1.12 bits per heavy atom. The number of phenols is 1. The third-order valence-corrected chi connectivity index (χ3v) is 10.2. The number of hydrogen-bond donors (Lipinski definition) is 1. The van der Waals surface area contributed by atoms with Gasteiger partial charge in [-0.05, 0) is 49.8 Å². The minimum absolute atomic E-state index is 0.0118. The van der Waals surface area contributed by atoms with Crippen LogP contribution >= 0.6 is 11.6 Å². The van der Waals surface area contributed by atoms with Gasteiger partial charge in [0.25, 0.3) is 0 Å². The largest absolute Gasteiger partial charge is 0.507 e. The second kappa shape index (κ2) is 9.17. The van der Waals surface area contributed by atoms with Crippen molar-refractivity contribution in [2.45, 2.75) is 55.8 Å². The number of carbonyl (C=O) groups is 1. The number of fused-ring (bicyclic) bond motifs is 4. The van der Waals surface area contributed by atoms with Crippen molar-refractivity contribution in [2.24, 2.45) is 5.92 Å². The van der Waals surface area contributed by atoms with Crippen LogP contribution in [0.4, 0.5) is 9.18 Å². The lowest BCUT2D eigenvalue weighted by Crippen LogP contribution is -2.79. The maximum absolute atomic E-state index is 15.0. The van der Waals surface area contributed by atoms with Crippen LogP contribution in [0.5, 0.6) is 11.5 Å². The lowest BCUT2D eigenvalue weighted by molar-refractivity contribution is -0.227. The first-order valence-electron chi connectivity index (χ1n) is 14.9. The zero-order chi connectivity index (χ0) is 29.0. The van der Waals surface area contributed by atoms with Crippen LogP contribution in [0, 0.1) is 11.7 Å². The lowest BCUT2D eigenvalue weighted by atomic mass is 9.78. The highest BCUT2D eigenvalue weighted by atomic mass is 35.5. The molecule has 2 aromatic carbocycles. The topological polar surface area (TPSA) is 106 Å². The van der Waals surface area contributed by atoms with E-state index in [-0.39, 0.29) is 34.5 Å². The van der Waals surface area contributed by atoms with Gasteiger partial charge in [-0.1, -0.05) is 22.9 Å². The second-order valence-electron chi connectivity index (χ2n) is 12.6. The average Bonchev–Trinajstić information content (AvgIpc) is 3.91. The minimum Gasteiger partial charge on any atom is -0.507 e. The SMILES string of the molecule is O=C(N1CC2(CN3Cc4c(c(Cl)c(-c5c(O)cccc5F)c5ccoc45)OCC3CO2)C1C1CC1)n1cc(C2CC2)nn1. The third kappa shape index (κ3) is 3.87. The highest BCUT2D eigenvalue weighted by molar-refractivity contribution is 6.37. The molecule has 3 atom stereocenters. The summed E-state index contributed by atoms with van der Waals surface area (Å²) in [4.78, 5) is 17.8. The van der Waals surface area contributed by atoms with E-state index in [4.69, 9.17) is 25.5 Å². The molecule has 222 valence electrons. The first-order valence-corrected chi connectivity index (χ1v) is 15.2. The Balaban J connectivity index is 1.04. The van der Waals surface area contributed by atoms with Gasteiger partial charge in [0, 0.05) is 30.0 Å². The Morgan fingerprint density at radius 2 is 1.98 bits per heavy atom. The first kappa shape index (κ1) is 25.8. The van der Waals surface area contributed by atoms with Gasteiger partial charge in [0.15, 0.2) is 0 Å². The van der Waals surface area contributed by atoms with Crippen molar-refractivity contribution < 1.29 is 28.2 Å². The van der Waals surface area contributed by atoms with E-state index in [1.807, 2.05) is 4.90 Å². The Bertz CT molecular complexity index is 1780. The van der Waals surface area contributed by atoms with E-state index in [9.17, 15) is 9.90 Å². The van der Waals surface area contributed by atoms with Crippen molar-refractivity contribution in [2.75, 3.05) is 26.3 Å². The average molecular weight is 606 g/mol. The van der Waals surface area contributed by atoms with E-state index in [0.29, 0.717) is 67.0 Å². The Morgan fingerprint density at radius 3 is 2.77 bits per heavy atom. The van der Waals surface area contributed by atoms with Crippen LogP contribution in [0.2, 0.25) is 5.02 Å². The zero-order valence-corrected chi connectivity index (χ0v) is 24.0. The predicted octanol–water partition coefficient (Wildman–Crippen LogP) is 5.16. The van der Waals surface area contributed by atoms with Crippen molar-refractivity contribution in [3.63, 3.8) is 0 Å². The molecule has 3 aliphatic heterocycles. The summed E-state index contributed by atoms with van der Waals surface area (Å²) in [5.41, 5.74) is 2.06. The molecule has 9 rings (SSSR count). The van der Waals surface area contributed by atoms with Crippen LogP contribution in [0.3, 0.4) is 0 Å². The Hall–Kier alpha value is -3.67. The molecule has 5 heterocycles. The number of aromatic hydroxyl groups is 1. The van der Waals surface area contributed by atoms with E-state index in [2.05, 4.69) is 15.2 Å². The normalized spacial score (nSPS) is 27.0. The van der Waals surface area contributed by atoms with Crippen LogP contribution in [-0.2, 0) is 11.3 Å². The summed E-state index contributed by atoms with van der Waals surface area (Å²) in [6, 6.07) is 5.67. The number of likely N-dealkylation sites (tertiary alicyclic amines) is 1. The molecule has 1 N–H and O–H groups in total. The van der Waals surface area contributed by atoms with Gasteiger partial charge in [-0.2, -0.15) is 4.68 Å². The number of halogens is 2. The second-order valence-corrected chi connectivity index (χ2v) is 13.0. The first-order chi connectivity index (χ1) is 20.9. The smallest absolute Gasteiger partial charge is 0.346 e. The molecule has 1 amide bonds. The van der Waals surface area contributed by atoms with Gasteiger partial charge in [0.2, 0.25) is 0 Å². The van der Waals surface area contributed by atoms with Gasteiger partial charge >= 0.3 is 6.03 Å². The monoisotopic (exact) mass is 605 g/mol. The number of phenolic OH excluding ortho intramolecular Hbond substituents is 1.